The van der Waals surface area contributed by atoms with E-state index in [9.17, 15) is 9.59 Å². The number of benzene rings is 3. The Morgan fingerprint density at radius 1 is 0.973 bits per heavy atom. The molecule has 5 rings (SSSR count). The Hall–Kier alpha value is -4.07. The molecule has 0 unspecified atom stereocenters. The molecule has 190 valence electrons. The number of nitrogens with one attached hydrogen (secondary N) is 1. The lowest BCUT2D eigenvalue weighted by Crippen LogP contribution is -2.48. The van der Waals surface area contributed by atoms with Crippen molar-refractivity contribution in [3.63, 3.8) is 0 Å². The highest BCUT2D eigenvalue weighted by molar-refractivity contribution is 5.89. The van der Waals surface area contributed by atoms with Gasteiger partial charge in [-0.2, -0.15) is 0 Å². The number of hydrogen-bond acceptors (Lipinski definition) is 4. The number of aromatic nitrogens is 3. The van der Waals surface area contributed by atoms with Crippen LogP contribution in [0, 0.1) is 5.82 Å². The van der Waals surface area contributed by atoms with E-state index in [0.717, 1.165) is 36.8 Å². The zero-order valence-corrected chi connectivity index (χ0v) is 20.6. The van der Waals surface area contributed by atoms with Crippen molar-refractivity contribution in [3.05, 3.63) is 95.8 Å². The smallest absolute Gasteiger partial charge is 0.247 e. The third-order valence-electron chi connectivity index (χ3n) is 6.97. The van der Waals surface area contributed by atoms with Gasteiger partial charge in [0.2, 0.25) is 11.8 Å². The first-order valence-electron chi connectivity index (χ1n) is 12.8. The van der Waals surface area contributed by atoms with Crippen LogP contribution in [0.3, 0.4) is 0 Å². The van der Waals surface area contributed by atoms with Crippen molar-refractivity contribution < 1.29 is 14.0 Å². The molecule has 1 aliphatic rings. The Balaban J connectivity index is 1.49. The molecule has 7 nitrogen and oxygen atoms in total. The molecule has 0 spiro atoms. The summed E-state index contributed by atoms with van der Waals surface area (Å²) in [4.78, 5) is 29.1. The summed E-state index contributed by atoms with van der Waals surface area (Å²) in [6.45, 7) is 0.129. The lowest BCUT2D eigenvalue weighted by Gasteiger charge is -2.32. The van der Waals surface area contributed by atoms with Gasteiger partial charge in [-0.1, -0.05) is 78.7 Å². The quantitative estimate of drug-likeness (QED) is 0.369. The summed E-state index contributed by atoms with van der Waals surface area (Å²) in [7, 11) is 0. The van der Waals surface area contributed by atoms with E-state index in [1.165, 1.54) is 15.6 Å². The van der Waals surface area contributed by atoms with E-state index < -0.39 is 11.9 Å². The van der Waals surface area contributed by atoms with Crippen LogP contribution in [-0.2, 0) is 22.6 Å². The Bertz CT molecular complexity index is 1370. The van der Waals surface area contributed by atoms with E-state index in [1.807, 2.05) is 54.6 Å². The predicted molar refractivity (Wildman–Crippen MR) is 139 cm³/mol. The molecule has 1 fully saturated rings. The Morgan fingerprint density at radius 3 is 2.46 bits per heavy atom. The number of amides is 2. The largest absolute Gasteiger partial charge is 0.351 e. The minimum absolute atomic E-state index is 0.0344. The molecule has 1 aliphatic carbocycles. The lowest BCUT2D eigenvalue weighted by molar-refractivity contribution is -0.141. The highest BCUT2D eigenvalue weighted by Crippen LogP contribution is 2.27. The lowest BCUT2D eigenvalue weighted by atomic mass is 10.0. The topological polar surface area (TPSA) is 80.1 Å². The van der Waals surface area contributed by atoms with E-state index in [1.54, 1.807) is 18.2 Å². The highest BCUT2D eigenvalue weighted by Gasteiger charge is 2.35. The van der Waals surface area contributed by atoms with E-state index >= 15 is 4.39 Å². The van der Waals surface area contributed by atoms with Gasteiger partial charge < -0.3 is 10.2 Å². The summed E-state index contributed by atoms with van der Waals surface area (Å²) in [5, 5.41) is 11.4. The van der Waals surface area contributed by atoms with Gasteiger partial charge in [-0.05, 0) is 43.0 Å². The van der Waals surface area contributed by atoms with Gasteiger partial charge in [0.15, 0.2) is 0 Å². The third-order valence-corrected chi connectivity index (χ3v) is 6.97. The predicted octanol–water partition coefficient (Wildman–Crippen LogP) is 4.44. The monoisotopic (exact) mass is 499 g/mol. The van der Waals surface area contributed by atoms with Crippen molar-refractivity contribution in [2.24, 2.45) is 0 Å². The van der Waals surface area contributed by atoms with Crippen LogP contribution in [0.2, 0.25) is 0 Å². The Kier molecular flexibility index (Phi) is 7.54. The van der Waals surface area contributed by atoms with Crippen molar-refractivity contribution in [1.82, 2.24) is 25.2 Å². The molecule has 8 heteroatoms. The van der Waals surface area contributed by atoms with Crippen LogP contribution >= 0.6 is 0 Å². The molecule has 0 aliphatic heterocycles. The van der Waals surface area contributed by atoms with E-state index in [4.69, 9.17) is 0 Å². The van der Waals surface area contributed by atoms with Gasteiger partial charge in [0.25, 0.3) is 0 Å². The molecule has 3 aromatic carbocycles. The summed E-state index contributed by atoms with van der Waals surface area (Å²) in [5.41, 5.74) is 2.60. The SMILES string of the molecule is O=C(NC1CCCC1)[C@H](c1ccccc1F)N(CCc1ccccc1)C(=O)Cn1nnc2ccccc21. The summed E-state index contributed by atoms with van der Waals surface area (Å²) in [6.07, 6.45) is 4.39. The number of carbonyl (C=O) groups excluding carboxylic acids is 2. The fourth-order valence-electron chi connectivity index (χ4n) is 5.04. The third kappa shape index (κ3) is 5.69. The first-order chi connectivity index (χ1) is 18.1. The molecule has 1 heterocycles. The Morgan fingerprint density at radius 2 is 1.68 bits per heavy atom. The molecule has 1 aromatic heterocycles. The van der Waals surface area contributed by atoms with Gasteiger partial charge >= 0.3 is 0 Å². The molecule has 2 amide bonds. The minimum Gasteiger partial charge on any atom is -0.351 e. The number of para-hydroxylation sites is 1. The first-order valence-corrected chi connectivity index (χ1v) is 12.8. The van der Waals surface area contributed by atoms with Gasteiger partial charge in [0.1, 0.15) is 23.9 Å². The van der Waals surface area contributed by atoms with Crippen molar-refractivity contribution in [1.29, 1.82) is 0 Å². The fraction of sp³-hybridized carbons (Fsp3) is 0.310. The maximum atomic E-state index is 15.1. The van der Waals surface area contributed by atoms with Gasteiger partial charge in [0.05, 0.1) is 5.52 Å². The average molecular weight is 500 g/mol. The summed E-state index contributed by atoms with van der Waals surface area (Å²) < 4.78 is 16.7. The van der Waals surface area contributed by atoms with Gasteiger partial charge in [-0.3, -0.25) is 9.59 Å². The number of nitrogens with zero attached hydrogens (tertiary/aromatic N) is 4. The van der Waals surface area contributed by atoms with Crippen molar-refractivity contribution in [2.45, 2.75) is 50.7 Å². The van der Waals surface area contributed by atoms with Gasteiger partial charge in [-0.25, -0.2) is 9.07 Å². The van der Waals surface area contributed by atoms with Crippen LogP contribution in [0.5, 0.6) is 0 Å². The summed E-state index contributed by atoms with van der Waals surface area (Å²) >= 11 is 0. The zero-order valence-electron chi connectivity index (χ0n) is 20.6. The van der Waals surface area contributed by atoms with E-state index in [2.05, 4.69) is 15.6 Å². The fourth-order valence-corrected chi connectivity index (χ4v) is 5.04. The zero-order chi connectivity index (χ0) is 25.6. The summed E-state index contributed by atoms with van der Waals surface area (Å²) in [5.74, 6) is -1.21. The summed E-state index contributed by atoms with van der Waals surface area (Å²) in [6, 6.07) is 22.3. The molecular weight excluding hydrogens is 469 g/mol. The number of fused-ring (bicyclic) bond motifs is 1. The van der Waals surface area contributed by atoms with Crippen LogP contribution in [-0.4, -0.2) is 44.3 Å². The number of rotatable bonds is 9. The van der Waals surface area contributed by atoms with Crippen molar-refractivity contribution in [2.75, 3.05) is 6.54 Å². The Labute approximate surface area is 215 Å². The second kappa shape index (κ2) is 11.3. The number of hydrogen-bond donors (Lipinski definition) is 1. The van der Waals surface area contributed by atoms with E-state index in [0.29, 0.717) is 11.9 Å². The first kappa shape index (κ1) is 24.6. The molecule has 1 atom stereocenters. The molecule has 1 saturated carbocycles. The maximum absolute atomic E-state index is 15.1. The van der Waals surface area contributed by atoms with Crippen molar-refractivity contribution in [3.8, 4) is 0 Å². The maximum Gasteiger partial charge on any atom is 0.247 e. The second-order valence-electron chi connectivity index (χ2n) is 9.47. The normalized spacial score (nSPS) is 14.5. The van der Waals surface area contributed by atoms with E-state index in [-0.39, 0.29) is 36.5 Å². The van der Waals surface area contributed by atoms with Gasteiger partial charge in [0, 0.05) is 18.2 Å². The molecule has 4 aromatic rings. The molecule has 37 heavy (non-hydrogen) atoms. The minimum atomic E-state index is -1.10. The number of carbonyl (C=O) groups is 2. The molecular formula is C29H30FN5O2. The van der Waals surface area contributed by atoms with Crippen LogP contribution in [0.1, 0.15) is 42.9 Å². The van der Waals surface area contributed by atoms with Gasteiger partial charge in [-0.15, -0.1) is 5.10 Å². The number of halogens is 1. The molecule has 0 bridgehead atoms. The highest BCUT2D eigenvalue weighted by atomic mass is 19.1. The standard InChI is InChI=1S/C29H30FN5O2/c30-24-15-7-6-14-23(24)28(29(37)31-22-12-4-5-13-22)34(19-18-21-10-2-1-3-11-21)27(36)20-35-26-17-9-8-16-25(26)32-33-35/h1-3,6-11,14-17,22,28H,4-5,12-13,18-20H2,(H,31,37)/t28-/m0/s1. The second-order valence-corrected chi connectivity index (χ2v) is 9.47. The molecule has 0 radical (unpaired) electrons. The van der Waals surface area contributed by atoms with Crippen LogP contribution in [0.25, 0.3) is 11.0 Å². The van der Waals surface area contributed by atoms with Crippen LogP contribution in [0.4, 0.5) is 4.39 Å². The van der Waals surface area contributed by atoms with Crippen LogP contribution in [0.15, 0.2) is 78.9 Å². The van der Waals surface area contributed by atoms with Crippen LogP contribution < -0.4 is 5.32 Å². The molecule has 0 saturated heterocycles. The van der Waals surface area contributed by atoms with Crippen molar-refractivity contribution >= 4 is 22.8 Å². The average Bonchev–Trinajstić information content (AvgIpc) is 3.58. The molecule has 1 N–H and O–H groups in total.